The van der Waals surface area contributed by atoms with Gasteiger partial charge in [0.2, 0.25) is 5.91 Å². The molecule has 156 valence electrons. The minimum atomic E-state index is -0.337. The molecule has 0 N–H and O–H groups in total. The van der Waals surface area contributed by atoms with E-state index in [4.69, 9.17) is 14.2 Å². The summed E-state index contributed by atoms with van der Waals surface area (Å²) in [4.78, 5) is 27.5. The van der Waals surface area contributed by atoms with Crippen LogP contribution in [-0.4, -0.2) is 76.7 Å². The van der Waals surface area contributed by atoms with Crippen LogP contribution in [0.25, 0.3) is 0 Å². The summed E-state index contributed by atoms with van der Waals surface area (Å²) >= 11 is 0. The first-order chi connectivity index (χ1) is 14.1. The quantitative estimate of drug-likeness (QED) is 0.684. The van der Waals surface area contributed by atoms with Gasteiger partial charge in [0, 0.05) is 26.2 Å². The van der Waals surface area contributed by atoms with E-state index in [2.05, 4.69) is 10.3 Å². The van der Waals surface area contributed by atoms with Gasteiger partial charge >= 0.3 is 6.09 Å². The summed E-state index contributed by atoms with van der Waals surface area (Å²) in [5.41, 5.74) is 0.607. The predicted octanol–water partition coefficient (Wildman–Crippen LogP) is 1.17. The van der Waals surface area contributed by atoms with Crippen molar-refractivity contribution in [2.24, 2.45) is 0 Å². The van der Waals surface area contributed by atoms with Crippen molar-refractivity contribution >= 4 is 12.0 Å². The Balaban J connectivity index is 1.47. The van der Waals surface area contributed by atoms with Gasteiger partial charge in [-0.15, -0.1) is 5.10 Å². The molecule has 1 saturated heterocycles. The minimum Gasteiger partial charge on any atom is -0.493 e. The lowest BCUT2D eigenvalue weighted by molar-refractivity contribution is -0.133. The summed E-state index contributed by atoms with van der Waals surface area (Å²) in [6.07, 6.45) is 1.35. The molecule has 0 radical (unpaired) electrons. The maximum atomic E-state index is 12.5. The highest BCUT2D eigenvalue weighted by atomic mass is 16.6. The number of nitrogens with zero attached hydrogens (tertiary/aromatic N) is 5. The zero-order valence-electron chi connectivity index (χ0n) is 16.6. The molecule has 1 fully saturated rings. The number of ether oxygens (including phenoxy) is 3. The van der Waals surface area contributed by atoms with Gasteiger partial charge in [0.25, 0.3) is 0 Å². The standard InChI is InChI=1S/C19H25N5O5/c1-3-28-19(26)23-10-8-22(9-11-23)18(25)13-24-12-15(20-21-24)14-29-17-7-5-4-6-16(17)27-2/h4-7,12H,3,8-11,13-14H2,1-2H3. The zero-order chi connectivity index (χ0) is 20.6. The number of benzene rings is 1. The lowest BCUT2D eigenvalue weighted by atomic mass is 10.3. The highest BCUT2D eigenvalue weighted by molar-refractivity contribution is 5.76. The Bertz CT molecular complexity index is 832. The van der Waals surface area contributed by atoms with Crippen molar-refractivity contribution in [2.45, 2.75) is 20.1 Å². The van der Waals surface area contributed by atoms with E-state index in [0.29, 0.717) is 50.0 Å². The van der Waals surface area contributed by atoms with Crippen LogP contribution >= 0.6 is 0 Å². The number of aromatic nitrogens is 3. The van der Waals surface area contributed by atoms with Gasteiger partial charge in [0.1, 0.15) is 18.8 Å². The van der Waals surface area contributed by atoms with E-state index < -0.39 is 0 Å². The van der Waals surface area contributed by atoms with Gasteiger partial charge in [-0.1, -0.05) is 17.3 Å². The van der Waals surface area contributed by atoms with Crippen molar-refractivity contribution in [3.05, 3.63) is 36.2 Å². The molecule has 3 rings (SSSR count). The van der Waals surface area contributed by atoms with Crippen LogP contribution in [0.2, 0.25) is 0 Å². The summed E-state index contributed by atoms with van der Waals surface area (Å²) in [6, 6.07) is 7.34. The smallest absolute Gasteiger partial charge is 0.409 e. The molecule has 10 nitrogen and oxygen atoms in total. The zero-order valence-corrected chi connectivity index (χ0v) is 16.6. The number of hydrogen-bond donors (Lipinski definition) is 0. The van der Waals surface area contributed by atoms with E-state index in [-0.39, 0.29) is 25.2 Å². The molecule has 1 aromatic heterocycles. The molecule has 1 aliphatic rings. The van der Waals surface area contributed by atoms with E-state index in [1.165, 1.54) is 4.68 Å². The van der Waals surface area contributed by atoms with Crippen molar-refractivity contribution in [1.82, 2.24) is 24.8 Å². The fourth-order valence-electron chi connectivity index (χ4n) is 2.96. The van der Waals surface area contributed by atoms with Crippen molar-refractivity contribution in [1.29, 1.82) is 0 Å². The molecule has 2 aromatic rings. The first kappa shape index (κ1) is 20.4. The third-order valence-electron chi connectivity index (χ3n) is 4.49. The molecule has 0 atom stereocenters. The molecule has 0 spiro atoms. The maximum Gasteiger partial charge on any atom is 0.409 e. The van der Waals surface area contributed by atoms with Crippen LogP contribution < -0.4 is 9.47 Å². The summed E-state index contributed by atoms with van der Waals surface area (Å²) in [6.45, 7) is 4.26. The average molecular weight is 403 g/mol. The van der Waals surface area contributed by atoms with Gasteiger partial charge in [0.15, 0.2) is 11.5 Å². The normalized spacial score (nSPS) is 13.9. The Morgan fingerprint density at radius 2 is 1.76 bits per heavy atom. The van der Waals surface area contributed by atoms with Crippen molar-refractivity contribution < 1.29 is 23.8 Å². The minimum absolute atomic E-state index is 0.0735. The van der Waals surface area contributed by atoms with E-state index in [1.54, 1.807) is 30.0 Å². The number of amides is 2. The van der Waals surface area contributed by atoms with Crippen molar-refractivity contribution in [3.8, 4) is 11.5 Å². The third kappa shape index (κ3) is 5.37. The molecule has 10 heteroatoms. The molecule has 1 aromatic carbocycles. The molecule has 0 bridgehead atoms. The first-order valence-electron chi connectivity index (χ1n) is 9.45. The van der Waals surface area contributed by atoms with E-state index >= 15 is 0 Å². The van der Waals surface area contributed by atoms with Gasteiger partial charge in [0.05, 0.1) is 19.9 Å². The van der Waals surface area contributed by atoms with Gasteiger partial charge in [-0.3, -0.25) is 4.79 Å². The van der Waals surface area contributed by atoms with E-state index in [0.717, 1.165) is 0 Å². The SMILES string of the molecule is CCOC(=O)N1CCN(C(=O)Cn2cc(COc3ccccc3OC)nn2)CC1. The van der Waals surface area contributed by atoms with Crippen LogP contribution in [0, 0.1) is 0 Å². The Kier molecular flexibility index (Phi) is 6.88. The third-order valence-corrected chi connectivity index (χ3v) is 4.49. The second-order valence-electron chi connectivity index (χ2n) is 6.41. The second kappa shape index (κ2) is 9.76. The summed E-state index contributed by atoms with van der Waals surface area (Å²) in [5.74, 6) is 1.17. The molecule has 2 heterocycles. The lowest BCUT2D eigenvalue weighted by Crippen LogP contribution is -2.51. The summed E-state index contributed by atoms with van der Waals surface area (Å²) < 4.78 is 17.4. The topological polar surface area (TPSA) is 99.0 Å². The highest BCUT2D eigenvalue weighted by Gasteiger charge is 2.25. The Morgan fingerprint density at radius 3 is 2.45 bits per heavy atom. The summed E-state index contributed by atoms with van der Waals surface area (Å²) in [5, 5.41) is 8.04. The Labute approximate surface area is 168 Å². The van der Waals surface area contributed by atoms with Crippen LogP contribution in [-0.2, 0) is 22.7 Å². The number of hydrogen-bond acceptors (Lipinski definition) is 7. The largest absolute Gasteiger partial charge is 0.493 e. The number of carbonyl (C=O) groups is 2. The Hall–Kier alpha value is -3.30. The van der Waals surface area contributed by atoms with Gasteiger partial charge in [-0.05, 0) is 19.1 Å². The average Bonchev–Trinajstić information content (AvgIpc) is 3.20. The fourth-order valence-corrected chi connectivity index (χ4v) is 2.96. The lowest BCUT2D eigenvalue weighted by Gasteiger charge is -2.34. The predicted molar refractivity (Wildman–Crippen MR) is 103 cm³/mol. The van der Waals surface area contributed by atoms with Gasteiger partial charge in [-0.2, -0.15) is 0 Å². The van der Waals surface area contributed by atoms with Crippen LogP contribution in [0.5, 0.6) is 11.5 Å². The number of para-hydroxylation sites is 2. The molecule has 1 aliphatic heterocycles. The van der Waals surface area contributed by atoms with Gasteiger partial charge in [-0.25, -0.2) is 9.48 Å². The Morgan fingerprint density at radius 1 is 1.07 bits per heavy atom. The monoisotopic (exact) mass is 403 g/mol. The second-order valence-corrected chi connectivity index (χ2v) is 6.41. The van der Waals surface area contributed by atoms with E-state index in [9.17, 15) is 9.59 Å². The van der Waals surface area contributed by atoms with Crippen molar-refractivity contribution in [2.75, 3.05) is 39.9 Å². The molecule has 0 saturated carbocycles. The van der Waals surface area contributed by atoms with Crippen LogP contribution in [0.3, 0.4) is 0 Å². The van der Waals surface area contributed by atoms with Crippen LogP contribution in [0.1, 0.15) is 12.6 Å². The van der Waals surface area contributed by atoms with Crippen molar-refractivity contribution in [3.63, 3.8) is 0 Å². The van der Waals surface area contributed by atoms with Crippen LogP contribution in [0.4, 0.5) is 4.79 Å². The van der Waals surface area contributed by atoms with Gasteiger partial charge < -0.3 is 24.0 Å². The molecule has 2 amide bonds. The molecule has 29 heavy (non-hydrogen) atoms. The van der Waals surface area contributed by atoms with Crippen LogP contribution in [0.15, 0.2) is 30.5 Å². The fraction of sp³-hybridized carbons (Fsp3) is 0.474. The molecule has 0 unspecified atom stereocenters. The maximum absolute atomic E-state index is 12.5. The number of piperazine rings is 1. The summed E-state index contributed by atoms with van der Waals surface area (Å²) in [7, 11) is 1.58. The number of carbonyl (C=O) groups excluding carboxylic acids is 2. The number of methoxy groups -OCH3 is 1. The number of rotatable bonds is 7. The van der Waals surface area contributed by atoms with E-state index in [1.807, 2.05) is 24.3 Å². The molecule has 0 aliphatic carbocycles. The highest BCUT2D eigenvalue weighted by Crippen LogP contribution is 2.26. The molecular weight excluding hydrogens is 378 g/mol. The first-order valence-corrected chi connectivity index (χ1v) is 9.45. The molecular formula is C19H25N5O5.